The summed E-state index contributed by atoms with van der Waals surface area (Å²) >= 11 is 6.29. The number of carbonyl (C=O) groups excluding carboxylic acids is 1. The van der Waals surface area contributed by atoms with Gasteiger partial charge in [0.05, 0.1) is 20.9 Å². The van der Waals surface area contributed by atoms with Crippen LogP contribution in [0.1, 0.15) is 48.0 Å². The summed E-state index contributed by atoms with van der Waals surface area (Å²) in [5, 5.41) is 24.1. The number of nitrogens with zero attached hydrogens (tertiary/aromatic N) is 1. The minimum Gasteiger partial charge on any atom is -0.396 e. The molecule has 3 aromatic rings. The molecule has 2 aliphatic rings. The van der Waals surface area contributed by atoms with Crippen LogP contribution in [0.5, 0.6) is 0 Å². The normalized spacial score (nSPS) is 26.1. The number of carbonyl (C=O) groups is 1. The van der Waals surface area contributed by atoms with Gasteiger partial charge in [-0.05, 0) is 73.9 Å². The number of hydrogen-bond acceptors (Lipinski definition) is 7. The fourth-order valence-electron chi connectivity index (χ4n) is 5.76. The largest absolute Gasteiger partial charge is 0.396 e. The molecule has 6 N–H and O–H groups in total. The number of rotatable bonds is 6. The van der Waals surface area contributed by atoms with Crippen molar-refractivity contribution in [3.05, 3.63) is 71.0 Å². The highest BCUT2D eigenvalue weighted by Crippen LogP contribution is 2.56. The third kappa shape index (κ3) is 4.39. The molecule has 196 valence electrons. The summed E-state index contributed by atoms with van der Waals surface area (Å²) in [6.45, 7) is 0. The summed E-state index contributed by atoms with van der Waals surface area (Å²) in [6, 6.07) is 7.68. The third-order valence-corrected chi connectivity index (χ3v) is 10.3. The summed E-state index contributed by atoms with van der Waals surface area (Å²) in [4.78, 5) is 19.5. The van der Waals surface area contributed by atoms with Gasteiger partial charge in [-0.1, -0.05) is 11.6 Å². The monoisotopic (exact) mass is 548 g/mol. The molecule has 1 heterocycles. The van der Waals surface area contributed by atoms with E-state index in [1.54, 1.807) is 6.20 Å². The highest BCUT2D eigenvalue weighted by atomic mass is 35.5. The maximum atomic E-state index is 13.7. The number of aliphatic hydroxyl groups is 2. The lowest BCUT2D eigenvalue weighted by Gasteiger charge is -2.44. The number of nitrogens with two attached hydrogens (primary N) is 1. The van der Waals surface area contributed by atoms with Crippen molar-refractivity contribution in [3.63, 3.8) is 0 Å². The van der Waals surface area contributed by atoms with Crippen molar-refractivity contribution in [2.24, 2.45) is 11.8 Å². The second kappa shape index (κ2) is 9.39. The number of anilines is 2. The van der Waals surface area contributed by atoms with Gasteiger partial charge < -0.3 is 26.2 Å². The topological polar surface area (TPSA) is 158 Å². The van der Waals surface area contributed by atoms with Crippen molar-refractivity contribution >= 4 is 38.7 Å². The van der Waals surface area contributed by atoms with Crippen LogP contribution in [0.15, 0.2) is 53.7 Å². The van der Waals surface area contributed by atoms with Crippen LogP contribution in [0.2, 0.25) is 5.02 Å². The van der Waals surface area contributed by atoms with Gasteiger partial charge in [0.2, 0.25) is 0 Å². The summed E-state index contributed by atoms with van der Waals surface area (Å²) in [7, 11) is -3.99. The second-order valence-electron chi connectivity index (χ2n) is 9.71. The zero-order valence-electron chi connectivity index (χ0n) is 19.6. The molecule has 1 amide bonds. The zero-order valence-corrected chi connectivity index (χ0v) is 21.1. The number of nitrogen functional groups attached to an aromatic ring is 1. The first-order valence-corrected chi connectivity index (χ1v) is 13.7. The predicted molar refractivity (Wildman–Crippen MR) is 135 cm³/mol. The first kappa shape index (κ1) is 25.7. The summed E-state index contributed by atoms with van der Waals surface area (Å²) < 4.78 is 40.9. The van der Waals surface area contributed by atoms with Gasteiger partial charge in [-0.2, -0.15) is 0 Å². The fraction of sp³-hybridized carbons (Fsp3) is 0.360. The van der Waals surface area contributed by atoms with Crippen LogP contribution in [-0.4, -0.2) is 45.4 Å². The van der Waals surface area contributed by atoms with Gasteiger partial charge in [-0.3, -0.25) is 4.79 Å². The molecule has 12 heteroatoms. The molecular formula is C25H26ClFN4O5S. The SMILES string of the molecule is Nc1cc(NC(=O)c2ccc(Cl)c(S(=O)(=O)C3C[C@H]4CC[C@@H](C3)C4(O)C(O)c3ncc[nH]3)c2)ccc1F. The molecule has 0 saturated heterocycles. The molecule has 0 spiro atoms. The lowest BCUT2D eigenvalue weighted by Crippen LogP contribution is -2.52. The maximum absolute atomic E-state index is 13.7. The Kier molecular flexibility index (Phi) is 6.51. The summed E-state index contributed by atoms with van der Waals surface area (Å²) in [5.74, 6) is -1.91. The quantitative estimate of drug-likeness (QED) is 0.295. The Labute approximate surface area is 217 Å². The zero-order chi connectivity index (χ0) is 26.5. The number of H-pyrrole nitrogens is 1. The Morgan fingerprint density at radius 3 is 2.54 bits per heavy atom. The molecule has 1 aromatic heterocycles. The molecule has 2 saturated carbocycles. The molecule has 2 aliphatic carbocycles. The van der Waals surface area contributed by atoms with Gasteiger partial charge in [0.25, 0.3) is 5.91 Å². The molecule has 37 heavy (non-hydrogen) atoms. The molecule has 3 unspecified atom stereocenters. The van der Waals surface area contributed by atoms with Crippen molar-refractivity contribution in [1.82, 2.24) is 9.97 Å². The lowest BCUT2D eigenvalue weighted by atomic mass is 9.71. The van der Waals surface area contributed by atoms with Gasteiger partial charge in [0.1, 0.15) is 23.3 Å². The number of aromatic nitrogens is 2. The van der Waals surface area contributed by atoms with Crippen LogP contribution < -0.4 is 11.1 Å². The van der Waals surface area contributed by atoms with Gasteiger partial charge >= 0.3 is 0 Å². The minimum absolute atomic E-state index is 0.0219. The number of aliphatic hydroxyl groups excluding tert-OH is 1. The smallest absolute Gasteiger partial charge is 0.255 e. The molecule has 2 bridgehead atoms. The van der Waals surface area contributed by atoms with Crippen molar-refractivity contribution in [1.29, 1.82) is 0 Å². The van der Waals surface area contributed by atoms with E-state index in [4.69, 9.17) is 17.3 Å². The Morgan fingerprint density at radius 1 is 1.22 bits per heavy atom. The second-order valence-corrected chi connectivity index (χ2v) is 12.3. The maximum Gasteiger partial charge on any atom is 0.255 e. The number of fused-ring (bicyclic) bond motifs is 2. The number of amides is 1. The molecule has 2 aromatic carbocycles. The van der Waals surface area contributed by atoms with E-state index in [1.807, 2.05) is 0 Å². The van der Waals surface area contributed by atoms with Gasteiger partial charge in [0.15, 0.2) is 9.84 Å². The number of sulfone groups is 1. The van der Waals surface area contributed by atoms with Crippen molar-refractivity contribution in [2.75, 3.05) is 11.1 Å². The van der Waals surface area contributed by atoms with Crippen LogP contribution in [0.3, 0.4) is 0 Å². The number of benzene rings is 2. The fourth-order valence-corrected chi connectivity index (χ4v) is 8.16. The van der Waals surface area contributed by atoms with E-state index in [0.717, 1.165) is 6.07 Å². The van der Waals surface area contributed by atoms with Gasteiger partial charge in [-0.25, -0.2) is 17.8 Å². The number of imidazole rings is 1. The van der Waals surface area contributed by atoms with Gasteiger partial charge in [0, 0.05) is 23.6 Å². The third-order valence-electron chi connectivity index (χ3n) is 7.68. The Bertz CT molecular complexity index is 1440. The van der Waals surface area contributed by atoms with Crippen LogP contribution >= 0.6 is 11.6 Å². The van der Waals surface area contributed by atoms with E-state index >= 15 is 0 Å². The first-order chi connectivity index (χ1) is 17.5. The average molecular weight is 549 g/mol. The van der Waals surface area contributed by atoms with Crippen LogP contribution in [0.4, 0.5) is 15.8 Å². The minimum atomic E-state index is -3.99. The van der Waals surface area contributed by atoms with Crippen molar-refractivity contribution in [3.8, 4) is 0 Å². The highest BCUT2D eigenvalue weighted by molar-refractivity contribution is 7.92. The summed E-state index contributed by atoms with van der Waals surface area (Å²) in [6.07, 6.45) is 3.18. The van der Waals surface area contributed by atoms with E-state index in [9.17, 15) is 27.8 Å². The molecule has 0 aliphatic heterocycles. The predicted octanol–water partition coefficient (Wildman–Crippen LogP) is 3.46. The highest BCUT2D eigenvalue weighted by Gasteiger charge is 2.59. The lowest BCUT2D eigenvalue weighted by molar-refractivity contribution is -0.147. The molecule has 2 fully saturated rings. The van der Waals surface area contributed by atoms with E-state index < -0.39 is 50.4 Å². The van der Waals surface area contributed by atoms with E-state index in [0.29, 0.717) is 12.8 Å². The standard InChI is InChI=1S/C25H26ClFN4O5S/c26-18-5-1-13(24(33)31-16-4-6-19(27)20(28)12-16)9-21(18)37(35,36)17-10-14-2-3-15(11-17)25(14,34)22(32)23-29-7-8-30-23/h1,4-9,12,14-15,17,22,32,34H,2-3,10-11,28H2,(H,29,30)(H,31,33)/t14-,15+,17?,22?,25?. The van der Waals surface area contributed by atoms with Crippen LogP contribution in [0.25, 0.3) is 0 Å². The van der Waals surface area contributed by atoms with E-state index in [2.05, 4.69) is 15.3 Å². The molecule has 5 rings (SSSR count). The molecule has 9 nitrogen and oxygen atoms in total. The van der Waals surface area contributed by atoms with Crippen LogP contribution in [0, 0.1) is 17.7 Å². The summed E-state index contributed by atoms with van der Waals surface area (Å²) in [5.41, 5.74) is 4.22. The number of nitrogens with one attached hydrogen (secondary N) is 2. The number of halogens is 2. The molecular weight excluding hydrogens is 523 g/mol. The first-order valence-electron chi connectivity index (χ1n) is 11.8. The van der Waals surface area contributed by atoms with Crippen LogP contribution in [-0.2, 0) is 9.84 Å². The number of hydrogen-bond donors (Lipinski definition) is 5. The van der Waals surface area contributed by atoms with Crippen molar-refractivity contribution < 1.29 is 27.8 Å². The Hall–Kier alpha value is -2.99. The van der Waals surface area contributed by atoms with Gasteiger partial charge in [-0.15, -0.1) is 0 Å². The van der Waals surface area contributed by atoms with E-state index in [-0.39, 0.29) is 45.5 Å². The number of aromatic amines is 1. The van der Waals surface area contributed by atoms with Crippen molar-refractivity contribution in [2.45, 2.75) is 47.5 Å². The molecule has 0 radical (unpaired) electrons. The molecule has 5 atom stereocenters. The Morgan fingerprint density at radius 2 is 1.92 bits per heavy atom. The van der Waals surface area contributed by atoms with E-state index in [1.165, 1.54) is 36.5 Å². The average Bonchev–Trinajstić information content (AvgIpc) is 3.43. The Balaban J connectivity index is 1.39.